The van der Waals surface area contributed by atoms with Gasteiger partial charge < -0.3 is 8.85 Å². The summed E-state index contributed by atoms with van der Waals surface area (Å²) < 4.78 is 200. The molecule has 0 radical (unpaired) electrons. The van der Waals surface area contributed by atoms with Gasteiger partial charge in [0.1, 0.15) is 11.1 Å². The van der Waals surface area contributed by atoms with E-state index in [4.69, 9.17) is 0 Å². The summed E-state index contributed by atoms with van der Waals surface area (Å²) in [5.74, 6) is -24.6. The van der Waals surface area contributed by atoms with Crippen molar-refractivity contribution in [2.75, 3.05) is 14.2 Å². The molecule has 2 nitrogen and oxygen atoms in total. The largest absolute Gasteiger partial charge is 0.422 e. The summed E-state index contributed by atoms with van der Waals surface area (Å²) in [5.41, 5.74) is -6.25. The van der Waals surface area contributed by atoms with E-state index in [1.165, 1.54) is 0 Å². The average molecular weight is 524 g/mol. The van der Waals surface area contributed by atoms with E-state index in [1.807, 2.05) is 0 Å². The van der Waals surface area contributed by atoms with Crippen LogP contribution in [0.25, 0.3) is 0 Å². The molecule has 184 valence electrons. The zero-order chi connectivity index (χ0) is 25.8. The minimum atomic E-state index is -6.16. The van der Waals surface area contributed by atoms with Crippen molar-refractivity contribution >= 4 is 18.9 Å². The van der Waals surface area contributed by atoms with Crippen molar-refractivity contribution in [2.45, 2.75) is 12.4 Å². The first-order valence-electron chi connectivity index (χ1n) is 7.87. The van der Waals surface area contributed by atoms with Gasteiger partial charge in [-0.25, -0.2) is 35.1 Å². The summed E-state index contributed by atoms with van der Waals surface area (Å²) in [6, 6.07) is 0. The van der Waals surface area contributed by atoms with Crippen LogP contribution in [0, 0.1) is 46.5 Å². The van der Waals surface area contributed by atoms with Crippen LogP contribution >= 0.6 is 0 Å². The number of hydrogen-bond acceptors (Lipinski definition) is 2. The SMILES string of the molecule is CO[Si](OC)(c1c(F)c(F)c(C(F)(F)F)c(F)c1F)c1c(F)c(F)c(C(F)(F)F)c(F)c1F. The van der Waals surface area contributed by atoms with Gasteiger partial charge in [0, 0.05) is 14.2 Å². The molecule has 0 aliphatic rings. The Bertz CT molecular complexity index is 963. The third kappa shape index (κ3) is 3.94. The Hall–Kier alpha value is -2.40. The topological polar surface area (TPSA) is 18.5 Å². The summed E-state index contributed by atoms with van der Waals surface area (Å²) in [4.78, 5) is 0. The van der Waals surface area contributed by atoms with Crippen LogP contribution in [0.5, 0.6) is 0 Å². The number of alkyl halides is 6. The van der Waals surface area contributed by atoms with E-state index >= 15 is 0 Å². The lowest BCUT2D eigenvalue weighted by Crippen LogP contribution is -2.67. The fourth-order valence-electron chi connectivity index (χ4n) is 2.96. The quantitative estimate of drug-likeness (QED) is 0.329. The molecule has 0 bridgehead atoms. The Balaban J connectivity index is 3.13. The molecular weight excluding hydrogens is 518 g/mol. The van der Waals surface area contributed by atoms with Crippen LogP contribution in [0.4, 0.5) is 61.5 Å². The van der Waals surface area contributed by atoms with Crippen LogP contribution in [0.15, 0.2) is 0 Å². The first-order chi connectivity index (χ1) is 14.9. The fraction of sp³-hybridized carbons (Fsp3) is 0.250. The predicted octanol–water partition coefficient (Wildman–Crippen LogP) is 4.69. The summed E-state index contributed by atoms with van der Waals surface area (Å²) in [5, 5.41) is -4.79. The van der Waals surface area contributed by atoms with Gasteiger partial charge in [0.25, 0.3) is 0 Å². The number of hydrogen-bond donors (Lipinski definition) is 0. The Labute approximate surface area is 174 Å². The Morgan fingerprint density at radius 1 is 0.455 bits per heavy atom. The normalized spacial score (nSPS) is 13.1. The van der Waals surface area contributed by atoms with E-state index in [1.54, 1.807) is 0 Å². The van der Waals surface area contributed by atoms with E-state index in [-0.39, 0.29) is 14.2 Å². The smallest absolute Gasteiger partial charge is 0.391 e. The average Bonchev–Trinajstić information content (AvgIpc) is 2.68. The first-order valence-corrected chi connectivity index (χ1v) is 9.69. The van der Waals surface area contributed by atoms with Crippen LogP contribution < -0.4 is 10.4 Å². The molecule has 0 fully saturated rings. The summed E-state index contributed by atoms with van der Waals surface area (Å²) in [7, 11) is -5.67. The second kappa shape index (κ2) is 8.43. The minimum Gasteiger partial charge on any atom is -0.391 e. The number of benzene rings is 2. The highest BCUT2D eigenvalue weighted by molar-refractivity contribution is 6.92. The number of halogens is 14. The predicted molar refractivity (Wildman–Crippen MR) is 81.6 cm³/mol. The maximum atomic E-state index is 14.5. The molecule has 0 aliphatic heterocycles. The summed E-state index contributed by atoms with van der Waals surface area (Å²) >= 11 is 0. The zero-order valence-corrected chi connectivity index (χ0v) is 16.6. The molecule has 33 heavy (non-hydrogen) atoms. The monoisotopic (exact) mass is 524 g/mol. The third-order valence-corrected chi connectivity index (χ3v) is 7.67. The summed E-state index contributed by atoms with van der Waals surface area (Å²) in [6.45, 7) is 0. The molecule has 0 spiro atoms. The van der Waals surface area contributed by atoms with Crippen LogP contribution in [0.1, 0.15) is 11.1 Å². The third-order valence-electron chi connectivity index (χ3n) is 4.33. The van der Waals surface area contributed by atoms with E-state index in [0.29, 0.717) is 0 Å². The van der Waals surface area contributed by atoms with E-state index < -0.39 is 89.0 Å². The van der Waals surface area contributed by atoms with Crippen LogP contribution in [-0.2, 0) is 21.2 Å². The molecule has 2 rings (SSSR count). The highest BCUT2D eigenvalue weighted by Gasteiger charge is 2.56. The van der Waals surface area contributed by atoms with Crippen molar-refractivity contribution in [1.29, 1.82) is 0 Å². The Morgan fingerprint density at radius 2 is 0.667 bits per heavy atom. The molecule has 2 aromatic carbocycles. The van der Waals surface area contributed by atoms with E-state index in [9.17, 15) is 61.5 Å². The molecular formula is C16H6F14O2Si. The molecule has 0 atom stereocenters. The molecule has 0 N–H and O–H groups in total. The molecule has 0 saturated carbocycles. The molecule has 0 unspecified atom stereocenters. The van der Waals surface area contributed by atoms with Gasteiger partial charge in [-0.1, -0.05) is 0 Å². The van der Waals surface area contributed by atoms with Gasteiger partial charge in [0.05, 0.1) is 10.4 Å². The van der Waals surface area contributed by atoms with Gasteiger partial charge >= 0.3 is 20.9 Å². The van der Waals surface area contributed by atoms with Crippen molar-refractivity contribution in [1.82, 2.24) is 0 Å². The molecule has 0 amide bonds. The fourth-order valence-corrected chi connectivity index (χ4v) is 5.78. The first kappa shape index (κ1) is 26.8. The van der Waals surface area contributed by atoms with Crippen molar-refractivity contribution in [3.05, 3.63) is 57.7 Å². The lowest BCUT2D eigenvalue weighted by molar-refractivity contribution is -0.144. The lowest BCUT2D eigenvalue weighted by atomic mass is 10.1. The molecule has 0 heterocycles. The molecule has 0 aliphatic carbocycles. The van der Waals surface area contributed by atoms with Crippen molar-refractivity contribution in [3.63, 3.8) is 0 Å². The van der Waals surface area contributed by atoms with Crippen molar-refractivity contribution < 1.29 is 70.3 Å². The molecule has 17 heteroatoms. The molecule has 0 aromatic heterocycles. The maximum absolute atomic E-state index is 14.5. The highest BCUT2D eigenvalue weighted by Crippen LogP contribution is 2.38. The number of rotatable bonds is 4. The van der Waals surface area contributed by atoms with Gasteiger partial charge in [-0.15, -0.1) is 0 Å². The van der Waals surface area contributed by atoms with Gasteiger partial charge in [0.2, 0.25) is 0 Å². The second-order valence-electron chi connectivity index (χ2n) is 6.03. The van der Waals surface area contributed by atoms with E-state index in [2.05, 4.69) is 8.85 Å². The van der Waals surface area contributed by atoms with Crippen molar-refractivity contribution in [3.8, 4) is 0 Å². The van der Waals surface area contributed by atoms with Crippen LogP contribution in [0.3, 0.4) is 0 Å². The zero-order valence-electron chi connectivity index (χ0n) is 15.6. The van der Waals surface area contributed by atoms with Crippen LogP contribution in [-0.4, -0.2) is 22.8 Å². The lowest BCUT2D eigenvalue weighted by Gasteiger charge is -2.30. The van der Waals surface area contributed by atoms with E-state index in [0.717, 1.165) is 0 Å². The standard InChI is InChI=1S/C16H6F14O2Si/c1-31-33(32-2,13-9(21)5(17)3(15(25,26)27)6(18)10(13)22)14-11(23)7(19)4(16(28,29)30)8(20)12(14)24/h1-2H3. The summed E-state index contributed by atoms with van der Waals surface area (Å²) in [6.07, 6.45) is -12.1. The molecule has 2 aromatic rings. The Morgan fingerprint density at radius 3 is 0.818 bits per heavy atom. The van der Waals surface area contributed by atoms with Gasteiger partial charge in [-0.3, -0.25) is 0 Å². The minimum absolute atomic E-state index is 0.244. The van der Waals surface area contributed by atoms with Crippen LogP contribution in [0.2, 0.25) is 0 Å². The maximum Gasteiger partial charge on any atom is 0.422 e. The Kier molecular flexibility index (Phi) is 6.85. The van der Waals surface area contributed by atoms with Gasteiger partial charge in [-0.2, -0.15) is 26.3 Å². The van der Waals surface area contributed by atoms with Gasteiger partial charge in [-0.05, 0) is 0 Å². The van der Waals surface area contributed by atoms with Crippen molar-refractivity contribution in [2.24, 2.45) is 0 Å². The highest BCUT2D eigenvalue weighted by atomic mass is 28.4. The van der Waals surface area contributed by atoms with Gasteiger partial charge in [0.15, 0.2) is 46.5 Å². The molecule has 0 saturated heterocycles. The second-order valence-corrected chi connectivity index (χ2v) is 9.08.